The number of carbonyl (C=O) groups excluding carboxylic acids is 1. The minimum Gasteiger partial charge on any atom is -0.340 e. The topological polar surface area (TPSA) is 66.9 Å². The van der Waals surface area contributed by atoms with Gasteiger partial charge in [-0.05, 0) is 43.3 Å². The molecule has 0 fully saturated rings. The smallest absolute Gasteiger partial charge is 0.255 e. The summed E-state index contributed by atoms with van der Waals surface area (Å²) in [6.45, 7) is 1.87. The van der Waals surface area contributed by atoms with Crippen molar-refractivity contribution < 1.29 is 4.79 Å². The Bertz CT molecular complexity index is 1190. The van der Waals surface area contributed by atoms with Gasteiger partial charge < -0.3 is 10.6 Å². The van der Waals surface area contributed by atoms with Gasteiger partial charge in [0, 0.05) is 33.0 Å². The number of anilines is 3. The molecule has 1 heterocycles. The minimum absolute atomic E-state index is 0.169. The second-order valence-electron chi connectivity index (χ2n) is 6.72. The Balaban J connectivity index is 1.54. The van der Waals surface area contributed by atoms with Crippen LogP contribution in [0.5, 0.6) is 0 Å². The zero-order chi connectivity index (χ0) is 20.9. The van der Waals surface area contributed by atoms with Crippen LogP contribution in [0.3, 0.4) is 0 Å². The molecule has 0 saturated carbocycles. The summed E-state index contributed by atoms with van der Waals surface area (Å²) >= 11 is 3.39. The predicted octanol–water partition coefficient (Wildman–Crippen LogP) is 6.21. The Labute approximate surface area is 183 Å². The molecule has 4 aromatic rings. The first-order valence-electron chi connectivity index (χ1n) is 9.42. The van der Waals surface area contributed by atoms with Gasteiger partial charge in [0.2, 0.25) is 0 Å². The number of hydrogen-bond donors (Lipinski definition) is 2. The third-order valence-electron chi connectivity index (χ3n) is 4.39. The number of rotatable bonds is 5. The second kappa shape index (κ2) is 8.88. The molecule has 0 spiro atoms. The van der Waals surface area contributed by atoms with Crippen LogP contribution in [-0.2, 0) is 0 Å². The molecule has 0 aliphatic heterocycles. The average Bonchev–Trinajstić information content (AvgIpc) is 2.74. The van der Waals surface area contributed by atoms with Crippen molar-refractivity contribution >= 4 is 39.0 Å². The molecule has 1 aromatic heterocycles. The molecule has 2 N–H and O–H groups in total. The van der Waals surface area contributed by atoms with Crippen LogP contribution in [-0.4, -0.2) is 15.9 Å². The van der Waals surface area contributed by atoms with E-state index in [4.69, 9.17) is 0 Å². The standard InChI is InChI=1S/C24H19BrN4O/c1-16-26-22(17-7-3-2-4-8-17)15-23(27-16)28-20-11-6-12-21(14-20)29-24(30)18-9-5-10-19(25)13-18/h2-15H,1H3,(H,29,30)(H,26,27,28). The lowest BCUT2D eigenvalue weighted by Crippen LogP contribution is -2.11. The van der Waals surface area contributed by atoms with Crippen molar-refractivity contribution in [3.05, 3.63) is 101 Å². The summed E-state index contributed by atoms with van der Waals surface area (Å²) in [6.07, 6.45) is 0. The molecule has 30 heavy (non-hydrogen) atoms. The number of carbonyl (C=O) groups is 1. The molecule has 0 radical (unpaired) electrons. The highest BCUT2D eigenvalue weighted by Gasteiger charge is 2.08. The normalized spacial score (nSPS) is 10.5. The Hall–Kier alpha value is -3.51. The first-order valence-corrected chi connectivity index (χ1v) is 10.2. The quantitative estimate of drug-likeness (QED) is 0.372. The van der Waals surface area contributed by atoms with Gasteiger partial charge in [-0.2, -0.15) is 0 Å². The van der Waals surface area contributed by atoms with Crippen molar-refractivity contribution in [2.75, 3.05) is 10.6 Å². The molecule has 6 heteroatoms. The number of aryl methyl sites for hydroxylation is 1. The third-order valence-corrected chi connectivity index (χ3v) is 4.88. The summed E-state index contributed by atoms with van der Waals surface area (Å²) in [5.74, 6) is 1.20. The highest BCUT2D eigenvalue weighted by Crippen LogP contribution is 2.24. The Kier molecular flexibility index (Phi) is 5.86. The van der Waals surface area contributed by atoms with Crippen LogP contribution in [0.25, 0.3) is 11.3 Å². The number of nitrogens with zero attached hydrogens (tertiary/aromatic N) is 2. The van der Waals surface area contributed by atoms with Gasteiger partial charge in [0.05, 0.1) is 5.69 Å². The number of hydrogen-bond acceptors (Lipinski definition) is 4. The summed E-state index contributed by atoms with van der Waals surface area (Å²) in [5.41, 5.74) is 3.98. The van der Waals surface area contributed by atoms with Gasteiger partial charge in [0.1, 0.15) is 11.6 Å². The molecule has 0 bridgehead atoms. The van der Waals surface area contributed by atoms with E-state index in [1.165, 1.54) is 0 Å². The van der Waals surface area contributed by atoms with Gasteiger partial charge in [-0.1, -0.05) is 58.4 Å². The fourth-order valence-electron chi connectivity index (χ4n) is 3.04. The van der Waals surface area contributed by atoms with Crippen molar-refractivity contribution in [1.82, 2.24) is 9.97 Å². The predicted molar refractivity (Wildman–Crippen MR) is 124 cm³/mol. The number of amides is 1. The maximum absolute atomic E-state index is 12.5. The first kappa shape index (κ1) is 19.8. The van der Waals surface area contributed by atoms with Crippen molar-refractivity contribution in [2.24, 2.45) is 0 Å². The molecule has 0 aliphatic rings. The number of benzene rings is 3. The molecule has 148 valence electrons. The summed E-state index contributed by atoms with van der Waals surface area (Å²) in [7, 11) is 0. The molecule has 4 rings (SSSR count). The fourth-order valence-corrected chi connectivity index (χ4v) is 3.44. The lowest BCUT2D eigenvalue weighted by molar-refractivity contribution is 0.102. The van der Waals surface area contributed by atoms with E-state index in [1.807, 2.05) is 79.7 Å². The van der Waals surface area contributed by atoms with Crippen molar-refractivity contribution in [2.45, 2.75) is 6.92 Å². The third kappa shape index (κ3) is 4.90. The van der Waals surface area contributed by atoms with Crippen molar-refractivity contribution in [3.63, 3.8) is 0 Å². The monoisotopic (exact) mass is 458 g/mol. The zero-order valence-corrected chi connectivity index (χ0v) is 17.8. The molecular weight excluding hydrogens is 440 g/mol. The molecule has 0 unspecified atom stereocenters. The van der Waals surface area contributed by atoms with Crippen molar-refractivity contribution in [1.29, 1.82) is 0 Å². The maximum Gasteiger partial charge on any atom is 0.255 e. The molecule has 0 saturated heterocycles. The fraction of sp³-hybridized carbons (Fsp3) is 0.0417. The maximum atomic E-state index is 12.5. The van der Waals surface area contributed by atoms with E-state index in [0.717, 1.165) is 21.4 Å². The number of aromatic nitrogens is 2. The summed E-state index contributed by atoms with van der Waals surface area (Å²) < 4.78 is 0.860. The van der Waals surface area contributed by atoms with Crippen LogP contribution in [0.2, 0.25) is 0 Å². The van der Waals surface area contributed by atoms with Crippen LogP contribution < -0.4 is 10.6 Å². The van der Waals surface area contributed by atoms with Crippen LogP contribution in [0.15, 0.2) is 89.4 Å². The van der Waals surface area contributed by atoms with Crippen LogP contribution in [0, 0.1) is 6.92 Å². The SMILES string of the molecule is Cc1nc(Nc2cccc(NC(=O)c3cccc(Br)c3)c2)cc(-c2ccccc2)n1. The van der Waals surface area contributed by atoms with E-state index in [1.54, 1.807) is 12.1 Å². The Morgan fingerprint density at radius 3 is 2.40 bits per heavy atom. The Morgan fingerprint density at radius 2 is 1.60 bits per heavy atom. The van der Waals surface area contributed by atoms with E-state index in [9.17, 15) is 4.79 Å². The zero-order valence-electron chi connectivity index (χ0n) is 16.3. The molecule has 1 amide bonds. The Morgan fingerprint density at radius 1 is 0.833 bits per heavy atom. The largest absolute Gasteiger partial charge is 0.340 e. The molecule has 3 aromatic carbocycles. The van der Waals surface area contributed by atoms with Gasteiger partial charge >= 0.3 is 0 Å². The van der Waals surface area contributed by atoms with Gasteiger partial charge in [-0.25, -0.2) is 9.97 Å². The van der Waals surface area contributed by atoms with Crippen LogP contribution in [0.1, 0.15) is 16.2 Å². The highest BCUT2D eigenvalue weighted by atomic mass is 79.9. The van der Waals surface area contributed by atoms with Crippen molar-refractivity contribution in [3.8, 4) is 11.3 Å². The highest BCUT2D eigenvalue weighted by molar-refractivity contribution is 9.10. The summed E-state index contributed by atoms with van der Waals surface area (Å²) in [4.78, 5) is 21.5. The van der Waals surface area contributed by atoms with E-state index in [2.05, 4.69) is 36.5 Å². The molecule has 0 atom stereocenters. The molecule has 0 aliphatic carbocycles. The number of nitrogens with one attached hydrogen (secondary N) is 2. The van der Waals surface area contributed by atoms with Gasteiger partial charge in [-0.3, -0.25) is 4.79 Å². The van der Waals surface area contributed by atoms with Gasteiger partial charge in [-0.15, -0.1) is 0 Å². The van der Waals surface area contributed by atoms with E-state index >= 15 is 0 Å². The first-order chi connectivity index (χ1) is 14.6. The van der Waals surface area contributed by atoms with Crippen LogP contribution >= 0.6 is 15.9 Å². The van der Waals surface area contributed by atoms with Gasteiger partial charge in [0.25, 0.3) is 5.91 Å². The van der Waals surface area contributed by atoms with E-state index in [0.29, 0.717) is 22.9 Å². The minimum atomic E-state index is -0.169. The summed E-state index contributed by atoms with van der Waals surface area (Å²) in [5, 5.41) is 6.24. The summed E-state index contributed by atoms with van der Waals surface area (Å²) in [6, 6.07) is 26.7. The lowest BCUT2D eigenvalue weighted by Gasteiger charge is -2.11. The molecular formula is C24H19BrN4O. The lowest BCUT2D eigenvalue weighted by atomic mass is 10.1. The van der Waals surface area contributed by atoms with E-state index < -0.39 is 0 Å². The van der Waals surface area contributed by atoms with E-state index in [-0.39, 0.29) is 5.91 Å². The second-order valence-corrected chi connectivity index (χ2v) is 7.64. The number of halogens is 1. The van der Waals surface area contributed by atoms with Crippen LogP contribution in [0.4, 0.5) is 17.2 Å². The van der Waals surface area contributed by atoms with Gasteiger partial charge in [0.15, 0.2) is 0 Å². The average molecular weight is 459 g/mol. The molecule has 5 nitrogen and oxygen atoms in total.